The van der Waals surface area contributed by atoms with E-state index >= 15 is 0 Å². The van der Waals surface area contributed by atoms with Crippen LogP contribution in [0.15, 0.2) is 24.3 Å². The Morgan fingerprint density at radius 1 is 0.944 bits per heavy atom. The zero-order valence-corrected chi connectivity index (χ0v) is 12.0. The first-order valence-electron chi connectivity index (χ1n) is 6.76. The number of likely N-dealkylation sites (N-methyl/N-ethyl adjacent to an activating group) is 1. The summed E-state index contributed by atoms with van der Waals surface area (Å²) in [5, 5.41) is 0. The van der Waals surface area contributed by atoms with Gasteiger partial charge in [-0.25, -0.2) is 0 Å². The molecule has 0 spiro atoms. The van der Waals surface area contributed by atoms with Gasteiger partial charge in [-0.05, 0) is 38.2 Å². The van der Waals surface area contributed by atoms with E-state index in [2.05, 4.69) is 53.0 Å². The molecule has 0 aliphatic carbocycles. The summed E-state index contributed by atoms with van der Waals surface area (Å²) in [7, 11) is 2.18. The highest BCUT2D eigenvalue weighted by Gasteiger charge is 2.13. The van der Waals surface area contributed by atoms with E-state index < -0.39 is 0 Å². The number of piperazine rings is 1. The fourth-order valence-corrected chi connectivity index (χ4v) is 1.96. The lowest BCUT2D eigenvalue weighted by Crippen LogP contribution is -2.44. The predicted octanol–water partition coefficient (Wildman–Crippen LogP) is 2.84. The van der Waals surface area contributed by atoms with Gasteiger partial charge in [0, 0.05) is 37.4 Å². The molecule has 0 bridgehead atoms. The van der Waals surface area contributed by atoms with E-state index in [-0.39, 0.29) is 0 Å². The Labute approximate surface area is 112 Å². The number of nitrogens with zero attached hydrogens (tertiary/aromatic N) is 2. The van der Waals surface area contributed by atoms with Crippen molar-refractivity contribution >= 4 is 5.69 Å². The maximum atomic E-state index is 3.07. The largest absolute Gasteiger partial charge is 0.369 e. The molecule has 2 heteroatoms. The molecule has 1 saturated heterocycles. The van der Waals surface area contributed by atoms with Crippen LogP contribution in [0.4, 0.5) is 5.69 Å². The molecule has 0 amide bonds. The van der Waals surface area contributed by atoms with E-state index in [1.54, 1.807) is 0 Å². The molecule has 1 aromatic carbocycles. The van der Waals surface area contributed by atoms with Crippen LogP contribution in [0, 0.1) is 11.8 Å². The maximum Gasteiger partial charge on any atom is 0.0367 e. The van der Waals surface area contributed by atoms with E-state index in [0.29, 0.717) is 0 Å². The second-order valence-electron chi connectivity index (χ2n) is 4.21. The number of hydrogen-bond donors (Lipinski definition) is 0. The van der Waals surface area contributed by atoms with Crippen LogP contribution in [0.2, 0.25) is 0 Å². The molecule has 1 aliphatic rings. The first-order chi connectivity index (χ1) is 8.79. The molecule has 18 heavy (non-hydrogen) atoms. The third-order valence-electron chi connectivity index (χ3n) is 3.01. The highest BCUT2D eigenvalue weighted by molar-refractivity contribution is 5.50. The first-order valence-corrected chi connectivity index (χ1v) is 6.76. The lowest BCUT2D eigenvalue weighted by Gasteiger charge is -2.34. The van der Waals surface area contributed by atoms with Crippen LogP contribution < -0.4 is 4.90 Å². The molecular formula is C16H24N2. The number of anilines is 1. The van der Waals surface area contributed by atoms with E-state index in [1.807, 2.05) is 20.8 Å². The lowest BCUT2D eigenvalue weighted by molar-refractivity contribution is 0.313. The highest BCUT2D eigenvalue weighted by atomic mass is 15.2. The molecule has 0 N–H and O–H groups in total. The summed E-state index contributed by atoms with van der Waals surface area (Å²) < 4.78 is 0. The van der Waals surface area contributed by atoms with Crippen molar-refractivity contribution in [3.8, 4) is 11.8 Å². The van der Waals surface area contributed by atoms with Gasteiger partial charge in [-0.1, -0.05) is 19.8 Å². The van der Waals surface area contributed by atoms with Gasteiger partial charge in [0.15, 0.2) is 0 Å². The molecule has 0 saturated carbocycles. The molecule has 98 valence electrons. The Kier molecular flexibility index (Phi) is 6.32. The van der Waals surface area contributed by atoms with Crippen molar-refractivity contribution in [2.45, 2.75) is 20.8 Å². The molecular weight excluding hydrogens is 220 g/mol. The van der Waals surface area contributed by atoms with Gasteiger partial charge in [0.1, 0.15) is 0 Å². The normalized spacial score (nSPS) is 15.2. The lowest BCUT2D eigenvalue weighted by atomic mass is 10.2. The molecule has 1 aromatic rings. The Morgan fingerprint density at radius 3 is 2.00 bits per heavy atom. The van der Waals surface area contributed by atoms with Crippen LogP contribution in [0.3, 0.4) is 0 Å². The average molecular weight is 244 g/mol. The molecule has 2 nitrogen and oxygen atoms in total. The Hall–Kier alpha value is -1.46. The Balaban J connectivity index is 0.000000771. The minimum absolute atomic E-state index is 1.10. The quantitative estimate of drug-likeness (QED) is 0.701. The smallest absolute Gasteiger partial charge is 0.0367 e. The van der Waals surface area contributed by atoms with Gasteiger partial charge in [0.25, 0.3) is 0 Å². The predicted molar refractivity (Wildman–Crippen MR) is 80.1 cm³/mol. The van der Waals surface area contributed by atoms with Crippen LogP contribution >= 0.6 is 0 Å². The van der Waals surface area contributed by atoms with E-state index in [0.717, 1.165) is 31.7 Å². The van der Waals surface area contributed by atoms with Gasteiger partial charge in [-0.2, -0.15) is 0 Å². The van der Waals surface area contributed by atoms with E-state index in [4.69, 9.17) is 0 Å². The second kappa shape index (κ2) is 7.79. The molecule has 2 rings (SSSR count). The van der Waals surface area contributed by atoms with Crippen molar-refractivity contribution in [2.75, 3.05) is 38.1 Å². The number of benzene rings is 1. The minimum atomic E-state index is 1.10. The Bertz CT molecular complexity index is 389. The van der Waals surface area contributed by atoms with E-state index in [1.165, 1.54) is 5.69 Å². The molecule has 1 heterocycles. The summed E-state index contributed by atoms with van der Waals surface area (Å²) in [6.45, 7) is 10.4. The van der Waals surface area contributed by atoms with Gasteiger partial charge in [-0.15, -0.1) is 5.92 Å². The standard InChI is InChI=1S/C14H18N2.C2H6/c1-3-4-13-5-7-14(8-6-13)16-11-9-15(2)10-12-16;1-2/h5-8H,9-12H2,1-2H3;1-2H3. The zero-order chi connectivity index (χ0) is 13.4. The highest BCUT2D eigenvalue weighted by Crippen LogP contribution is 2.16. The van der Waals surface area contributed by atoms with Crippen LogP contribution in [-0.2, 0) is 0 Å². The summed E-state index contributed by atoms with van der Waals surface area (Å²) >= 11 is 0. The van der Waals surface area contributed by atoms with Gasteiger partial charge in [-0.3, -0.25) is 0 Å². The van der Waals surface area contributed by atoms with Gasteiger partial charge in [0.2, 0.25) is 0 Å². The third kappa shape index (κ3) is 4.09. The van der Waals surface area contributed by atoms with Crippen LogP contribution in [0.25, 0.3) is 0 Å². The second-order valence-corrected chi connectivity index (χ2v) is 4.21. The van der Waals surface area contributed by atoms with Crippen LogP contribution in [0.5, 0.6) is 0 Å². The fraction of sp³-hybridized carbons (Fsp3) is 0.500. The summed E-state index contributed by atoms with van der Waals surface area (Å²) in [5.74, 6) is 5.99. The molecule has 1 fully saturated rings. The van der Waals surface area contributed by atoms with Crippen molar-refractivity contribution in [3.63, 3.8) is 0 Å². The van der Waals surface area contributed by atoms with Crippen molar-refractivity contribution in [3.05, 3.63) is 29.8 Å². The SMILES string of the molecule is CC.CC#Cc1ccc(N2CCN(C)CC2)cc1. The van der Waals surface area contributed by atoms with Crippen molar-refractivity contribution in [2.24, 2.45) is 0 Å². The number of hydrogen-bond acceptors (Lipinski definition) is 2. The van der Waals surface area contributed by atoms with Crippen LogP contribution in [0.1, 0.15) is 26.3 Å². The summed E-state index contributed by atoms with van der Waals surface area (Å²) in [5.41, 5.74) is 2.41. The zero-order valence-electron chi connectivity index (χ0n) is 12.0. The fourth-order valence-electron chi connectivity index (χ4n) is 1.96. The first kappa shape index (κ1) is 14.6. The molecule has 0 aromatic heterocycles. The van der Waals surface area contributed by atoms with Gasteiger partial charge >= 0.3 is 0 Å². The maximum absolute atomic E-state index is 3.07. The molecule has 0 unspecified atom stereocenters. The molecule has 0 radical (unpaired) electrons. The third-order valence-corrected chi connectivity index (χ3v) is 3.01. The monoisotopic (exact) mass is 244 g/mol. The van der Waals surface area contributed by atoms with Gasteiger partial charge < -0.3 is 9.80 Å². The van der Waals surface area contributed by atoms with Crippen molar-refractivity contribution in [1.29, 1.82) is 0 Å². The van der Waals surface area contributed by atoms with Crippen molar-refractivity contribution < 1.29 is 0 Å². The number of rotatable bonds is 1. The molecule has 0 atom stereocenters. The summed E-state index contributed by atoms with van der Waals surface area (Å²) in [4.78, 5) is 4.80. The topological polar surface area (TPSA) is 6.48 Å². The van der Waals surface area contributed by atoms with Crippen LogP contribution in [-0.4, -0.2) is 38.1 Å². The summed E-state index contributed by atoms with van der Waals surface area (Å²) in [6, 6.07) is 8.55. The average Bonchev–Trinajstić information content (AvgIpc) is 2.43. The Morgan fingerprint density at radius 2 is 1.50 bits per heavy atom. The summed E-state index contributed by atoms with van der Waals surface area (Å²) in [6.07, 6.45) is 0. The minimum Gasteiger partial charge on any atom is -0.369 e. The van der Waals surface area contributed by atoms with Crippen molar-refractivity contribution in [1.82, 2.24) is 4.90 Å². The van der Waals surface area contributed by atoms with Gasteiger partial charge in [0.05, 0.1) is 0 Å². The molecule has 1 aliphatic heterocycles. The van der Waals surface area contributed by atoms with E-state index in [9.17, 15) is 0 Å².